The Morgan fingerprint density at radius 3 is 2.60 bits per heavy atom. The first-order valence-corrected chi connectivity index (χ1v) is 4.66. The highest BCUT2D eigenvalue weighted by Crippen LogP contribution is 2.22. The van der Waals surface area contributed by atoms with Crippen molar-refractivity contribution in [3.63, 3.8) is 0 Å². The lowest BCUT2D eigenvalue weighted by Crippen LogP contribution is -2.30. The second kappa shape index (κ2) is 4.79. The molecular formula is C11H15NO3. The lowest BCUT2D eigenvalue weighted by molar-refractivity contribution is -0.135. The first-order chi connectivity index (χ1) is 7.04. The zero-order valence-corrected chi connectivity index (χ0v) is 9.11. The summed E-state index contributed by atoms with van der Waals surface area (Å²) in [5, 5.41) is 0. The number of ether oxygens (including phenoxy) is 2. The van der Waals surface area contributed by atoms with Crippen LogP contribution in [0, 0.1) is 6.92 Å². The molecule has 4 nitrogen and oxygen atoms in total. The maximum absolute atomic E-state index is 11.2. The van der Waals surface area contributed by atoms with Crippen LogP contribution in [-0.4, -0.2) is 19.1 Å². The Hall–Kier alpha value is -1.55. The second-order valence-corrected chi connectivity index (χ2v) is 3.34. The van der Waals surface area contributed by atoms with E-state index < -0.39 is 12.0 Å². The molecule has 0 radical (unpaired) electrons. The van der Waals surface area contributed by atoms with Crippen molar-refractivity contribution in [1.82, 2.24) is 0 Å². The molecule has 0 heterocycles. The molecule has 0 aliphatic rings. The van der Waals surface area contributed by atoms with Crippen molar-refractivity contribution in [3.05, 3.63) is 23.8 Å². The molecule has 15 heavy (non-hydrogen) atoms. The summed E-state index contributed by atoms with van der Waals surface area (Å²) in [7, 11) is 1.59. The van der Waals surface area contributed by atoms with Crippen LogP contribution in [0.15, 0.2) is 18.2 Å². The van der Waals surface area contributed by atoms with Crippen LogP contribution >= 0.6 is 0 Å². The summed E-state index contributed by atoms with van der Waals surface area (Å²) in [5.74, 6) is 0.797. The first kappa shape index (κ1) is 11.5. The number of hydrogen-bond donors (Lipinski definition) is 1. The predicted octanol–water partition coefficient (Wildman–Crippen LogP) is 1.26. The summed E-state index contributed by atoms with van der Waals surface area (Å²) in [6, 6.07) is 4.54. The lowest BCUT2D eigenvalue weighted by atomic mass is 10.2. The smallest absolute Gasteiger partial charge is 0.328 e. The molecule has 0 unspecified atom stereocenters. The molecule has 0 fully saturated rings. The molecule has 82 valence electrons. The number of methoxy groups -OCH3 is 1. The lowest BCUT2D eigenvalue weighted by Gasteiger charge is -2.09. The molecule has 0 saturated carbocycles. The molecule has 0 aliphatic heterocycles. The van der Waals surface area contributed by atoms with E-state index in [2.05, 4.69) is 0 Å². The highest BCUT2D eigenvalue weighted by molar-refractivity contribution is 5.77. The number of hydrogen-bond acceptors (Lipinski definition) is 4. The topological polar surface area (TPSA) is 61.5 Å². The molecule has 1 rings (SSSR count). The van der Waals surface area contributed by atoms with E-state index in [9.17, 15) is 4.79 Å². The van der Waals surface area contributed by atoms with Crippen molar-refractivity contribution in [2.75, 3.05) is 7.11 Å². The summed E-state index contributed by atoms with van der Waals surface area (Å²) in [4.78, 5) is 11.2. The molecule has 0 spiro atoms. The molecule has 4 heteroatoms. The van der Waals surface area contributed by atoms with Gasteiger partial charge in [-0.05, 0) is 37.6 Å². The molecular weight excluding hydrogens is 194 g/mol. The third-order valence-corrected chi connectivity index (χ3v) is 1.96. The average molecular weight is 209 g/mol. The molecule has 0 bridgehead atoms. The maximum atomic E-state index is 11.2. The Balaban J connectivity index is 2.80. The van der Waals surface area contributed by atoms with Crippen molar-refractivity contribution in [2.24, 2.45) is 5.73 Å². The third-order valence-electron chi connectivity index (χ3n) is 1.96. The van der Waals surface area contributed by atoms with E-state index in [0.717, 1.165) is 11.3 Å². The van der Waals surface area contributed by atoms with Gasteiger partial charge in [0.2, 0.25) is 0 Å². The molecule has 1 aromatic rings. The van der Waals surface area contributed by atoms with Gasteiger partial charge < -0.3 is 15.2 Å². The van der Waals surface area contributed by atoms with Gasteiger partial charge in [0.15, 0.2) is 0 Å². The van der Waals surface area contributed by atoms with Gasteiger partial charge >= 0.3 is 5.97 Å². The van der Waals surface area contributed by atoms with E-state index in [4.69, 9.17) is 15.2 Å². The number of esters is 1. The Bertz CT molecular complexity index is 361. The van der Waals surface area contributed by atoms with Crippen molar-refractivity contribution in [3.8, 4) is 11.5 Å². The van der Waals surface area contributed by atoms with Crippen molar-refractivity contribution in [2.45, 2.75) is 19.9 Å². The third kappa shape index (κ3) is 2.95. The van der Waals surface area contributed by atoms with Gasteiger partial charge in [-0.3, -0.25) is 0 Å². The van der Waals surface area contributed by atoms with Crippen LogP contribution in [0.5, 0.6) is 11.5 Å². The number of carbonyl (C=O) groups excluding carboxylic acids is 1. The SMILES string of the molecule is COc1ccc(OC(=O)[C@H](C)N)cc1C. The number of aryl methyl sites for hydroxylation is 1. The summed E-state index contributed by atoms with van der Waals surface area (Å²) < 4.78 is 10.1. The fourth-order valence-electron chi connectivity index (χ4n) is 1.12. The fourth-order valence-corrected chi connectivity index (χ4v) is 1.12. The standard InChI is InChI=1S/C11H15NO3/c1-7-6-9(4-5-10(7)14-3)15-11(13)8(2)12/h4-6,8H,12H2,1-3H3/t8-/m0/s1. The number of rotatable bonds is 3. The summed E-state index contributed by atoms with van der Waals surface area (Å²) in [5.41, 5.74) is 6.29. The largest absolute Gasteiger partial charge is 0.496 e. The van der Waals surface area contributed by atoms with Crippen molar-refractivity contribution < 1.29 is 14.3 Å². The summed E-state index contributed by atoms with van der Waals surface area (Å²) in [6.07, 6.45) is 0. The van der Waals surface area contributed by atoms with Gasteiger partial charge in [-0.25, -0.2) is 4.79 Å². The number of nitrogens with two attached hydrogens (primary N) is 1. The molecule has 0 aliphatic carbocycles. The van der Waals surface area contributed by atoms with Gasteiger partial charge in [-0.1, -0.05) is 0 Å². The van der Waals surface area contributed by atoms with Crippen LogP contribution in [0.4, 0.5) is 0 Å². The minimum atomic E-state index is -0.618. The summed E-state index contributed by atoms with van der Waals surface area (Å²) in [6.45, 7) is 3.46. The van der Waals surface area contributed by atoms with Crippen molar-refractivity contribution in [1.29, 1.82) is 0 Å². The summed E-state index contributed by atoms with van der Waals surface area (Å²) >= 11 is 0. The fraction of sp³-hybridized carbons (Fsp3) is 0.364. The Labute approximate surface area is 89.0 Å². The van der Waals surface area contributed by atoms with Crippen LogP contribution in [-0.2, 0) is 4.79 Å². The number of benzene rings is 1. The molecule has 2 N–H and O–H groups in total. The Morgan fingerprint density at radius 2 is 2.13 bits per heavy atom. The molecule has 1 aromatic carbocycles. The Kier molecular flexibility index (Phi) is 3.68. The first-order valence-electron chi connectivity index (χ1n) is 4.66. The van der Waals surface area contributed by atoms with Gasteiger partial charge in [0, 0.05) is 0 Å². The average Bonchev–Trinajstić information content (AvgIpc) is 2.18. The van der Waals surface area contributed by atoms with Crippen LogP contribution < -0.4 is 15.2 Å². The highest BCUT2D eigenvalue weighted by Gasteiger charge is 2.10. The van der Waals surface area contributed by atoms with Gasteiger partial charge in [0.05, 0.1) is 7.11 Å². The minimum Gasteiger partial charge on any atom is -0.496 e. The van der Waals surface area contributed by atoms with Crippen LogP contribution in [0.2, 0.25) is 0 Å². The minimum absolute atomic E-state index is 0.445. The Morgan fingerprint density at radius 1 is 1.47 bits per heavy atom. The zero-order chi connectivity index (χ0) is 11.4. The number of carbonyl (C=O) groups is 1. The van der Waals surface area contributed by atoms with Gasteiger partial charge in [0.25, 0.3) is 0 Å². The van der Waals surface area contributed by atoms with E-state index in [1.54, 1.807) is 32.2 Å². The molecule has 0 aromatic heterocycles. The van der Waals surface area contributed by atoms with Gasteiger partial charge in [-0.2, -0.15) is 0 Å². The monoisotopic (exact) mass is 209 g/mol. The van der Waals surface area contributed by atoms with E-state index in [1.807, 2.05) is 6.92 Å². The van der Waals surface area contributed by atoms with Crippen molar-refractivity contribution >= 4 is 5.97 Å². The van der Waals surface area contributed by atoms with Gasteiger partial charge in [0.1, 0.15) is 17.5 Å². The predicted molar refractivity (Wildman–Crippen MR) is 57.0 cm³/mol. The van der Waals surface area contributed by atoms with E-state index in [0.29, 0.717) is 5.75 Å². The zero-order valence-electron chi connectivity index (χ0n) is 9.11. The maximum Gasteiger partial charge on any atom is 0.328 e. The molecule has 0 saturated heterocycles. The molecule has 0 amide bonds. The van der Waals surface area contributed by atoms with Crippen LogP contribution in [0.1, 0.15) is 12.5 Å². The second-order valence-electron chi connectivity index (χ2n) is 3.34. The van der Waals surface area contributed by atoms with Gasteiger partial charge in [-0.15, -0.1) is 0 Å². The molecule has 1 atom stereocenters. The van der Waals surface area contributed by atoms with E-state index in [1.165, 1.54) is 0 Å². The normalized spacial score (nSPS) is 12.0. The van der Waals surface area contributed by atoms with Crippen LogP contribution in [0.3, 0.4) is 0 Å². The van der Waals surface area contributed by atoms with Crippen LogP contribution in [0.25, 0.3) is 0 Å². The van der Waals surface area contributed by atoms with E-state index >= 15 is 0 Å². The quantitative estimate of drug-likeness (QED) is 0.601. The van der Waals surface area contributed by atoms with E-state index in [-0.39, 0.29) is 0 Å². The highest BCUT2D eigenvalue weighted by atomic mass is 16.5.